The largest absolute Gasteiger partial charge is 0.481 e. The van der Waals surface area contributed by atoms with Crippen LogP contribution in [0.1, 0.15) is 44.9 Å². The van der Waals surface area contributed by atoms with E-state index in [1.807, 2.05) is 4.90 Å². The van der Waals surface area contributed by atoms with Crippen LogP contribution in [0.5, 0.6) is 0 Å². The Bertz CT molecular complexity index is 465. The fraction of sp³-hybridized carbons (Fsp3) is 0.867. The molecule has 2 bridgehead atoms. The number of nitrogens with zero attached hydrogens (tertiary/aromatic N) is 1. The minimum absolute atomic E-state index is 0.0149. The molecule has 0 spiro atoms. The summed E-state index contributed by atoms with van der Waals surface area (Å²) in [4.78, 5) is 26.3. The van der Waals surface area contributed by atoms with Gasteiger partial charge in [-0.3, -0.25) is 9.59 Å². The minimum Gasteiger partial charge on any atom is -0.481 e. The van der Waals surface area contributed by atoms with Crippen molar-refractivity contribution in [3.8, 4) is 0 Å². The summed E-state index contributed by atoms with van der Waals surface area (Å²) in [7, 11) is 0. The lowest BCUT2D eigenvalue weighted by Gasteiger charge is -2.32. The number of ether oxygens (including phenoxy) is 1. The molecule has 0 aromatic heterocycles. The van der Waals surface area contributed by atoms with Crippen LogP contribution in [0.2, 0.25) is 0 Å². The third-order valence-corrected chi connectivity index (χ3v) is 6.05. The Labute approximate surface area is 118 Å². The van der Waals surface area contributed by atoms with Crippen LogP contribution in [0.3, 0.4) is 0 Å². The molecule has 20 heavy (non-hydrogen) atoms. The minimum atomic E-state index is -0.709. The maximum atomic E-state index is 12.8. The zero-order chi connectivity index (χ0) is 13.9. The van der Waals surface area contributed by atoms with E-state index < -0.39 is 11.4 Å². The second-order valence-corrected chi connectivity index (χ2v) is 6.87. The molecule has 5 atom stereocenters. The van der Waals surface area contributed by atoms with Crippen molar-refractivity contribution in [3.63, 3.8) is 0 Å². The van der Waals surface area contributed by atoms with Gasteiger partial charge in [-0.25, -0.2) is 0 Å². The van der Waals surface area contributed by atoms with E-state index in [0.717, 1.165) is 38.5 Å². The molecule has 0 aromatic carbocycles. The lowest BCUT2D eigenvalue weighted by Crippen LogP contribution is -2.46. The van der Waals surface area contributed by atoms with Crippen molar-refractivity contribution in [1.82, 2.24) is 4.90 Å². The number of amides is 1. The monoisotopic (exact) mass is 279 g/mol. The van der Waals surface area contributed by atoms with Crippen molar-refractivity contribution in [3.05, 3.63) is 0 Å². The van der Waals surface area contributed by atoms with Crippen molar-refractivity contribution >= 4 is 11.9 Å². The molecule has 1 amide bonds. The molecule has 5 nitrogen and oxygen atoms in total. The number of hydrogen-bond donors (Lipinski definition) is 1. The molecule has 1 saturated carbocycles. The summed E-state index contributed by atoms with van der Waals surface area (Å²) in [6.07, 6.45) is 6.39. The summed E-state index contributed by atoms with van der Waals surface area (Å²) in [5, 5.41) is 9.58. The number of carbonyl (C=O) groups is 2. The first-order valence-corrected chi connectivity index (χ1v) is 7.81. The topological polar surface area (TPSA) is 66.8 Å². The molecule has 1 N–H and O–H groups in total. The van der Waals surface area contributed by atoms with E-state index in [1.165, 1.54) is 0 Å². The highest BCUT2D eigenvalue weighted by molar-refractivity contribution is 5.84. The second-order valence-electron chi connectivity index (χ2n) is 6.87. The van der Waals surface area contributed by atoms with Crippen molar-refractivity contribution < 1.29 is 19.4 Å². The highest BCUT2D eigenvalue weighted by atomic mass is 16.5. The van der Waals surface area contributed by atoms with E-state index in [4.69, 9.17) is 4.74 Å². The predicted molar refractivity (Wildman–Crippen MR) is 70.0 cm³/mol. The number of hydrogen-bond acceptors (Lipinski definition) is 3. The maximum absolute atomic E-state index is 12.8. The molecule has 4 fully saturated rings. The molecule has 0 unspecified atom stereocenters. The summed E-state index contributed by atoms with van der Waals surface area (Å²) in [5.41, 5.74) is -0.659. The SMILES string of the molecule is O=C([C@@H]1C[C@@H]2CC[C@H]1O2)N1CC[C@@]2(C(=O)O)CCC[C@@H]12. The van der Waals surface area contributed by atoms with Crippen LogP contribution < -0.4 is 0 Å². The van der Waals surface area contributed by atoms with Gasteiger partial charge in [0.1, 0.15) is 0 Å². The highest BCUT2D eigenvalue weighted by Gasteiger charge is 2.58. The molecule has 3 aliphatic heterocycles. The number of carboxylic acids is 1. The Morgan fingerprint density at radius 2 is 2.05 bits per heavy atom. The average molecular weight is 279 g/mol. The van der Waals surface area contributed by atoms with Crippen LogP contribution in [0.15, 0.2) is 0 Å². The highest BCUT2D eigenvalue weighted by Crippen LogP contribution is 2.50. The van der Waals surface area contributed by atoms with Crippen molar-refractivity contribution in [2.75, 3.05) is 6.54 Å². The number of likely N-dealkylation sites (tertiary alicyclic amines) is 1. The summed E-state index contributed by atoms with van der Waals surface area (Å²) < 4.78 is 5.79. The van der Waals surface area contributed by atoms with Gasteiger partial charge in [-0.2, -0.15) is 0 Å². The molecule has 3 heterocycles. The molecule has 3 saturated heterocycles. The van der Waals surface area contributed by atoms with Gasteiger partial charge in [0.2, 0.25) is 5.91 Å². The van der Waals surface area contributed by atoms with Gasteiger partial charge in [0.25, 0.3) is 0 Å². The van der Waals surface area contributed by atoms with Gasteiger partial charge in [-0.15, -0.1) is 0 Å². The molecule has 1 aliphatic carbocycles. The van der Waals surface area contributed by atoms with Gasteiger partial charge in [0.15, 0.2) is 0 Å². The smallest absolute Gasteiger partial charge is 0.311 e. The van der Waals surface area contributed by atoms with Crippen molar-refractivity contribution in [2.24, 2.45) is 11.3 Å². The number of rotatable bonds is 2. The van der Waals surface area contributed by atoms with E-state index in [-0.39, 0.29) is 30.1 Å². The lowest BCUT2D eigenvalue weighted by atomic mass is 9.82. The summed E-state index contributed by atoms with van der Waals surface area (Å²) in [6.45, 7) is 0.615. The number of fused-ring (bicyclic) bond motifs is 3. The molecule has 0 aromatic rings. The first-order chi connectivity index (χ1) is 9.62. The molecular formula is C15H21NO4. The van der Waals surface area contributed by atoms with Gasteiger partial charge in [0.05, 0.1) is 23.5 Å². The third-order valence-electron chi connectivity index (χ3n) is 6.05. The predicted octanol–water partition coefficient (Wildman–Crippen LogP) is 1.41. The Balaban J connectivity index is 1.55. The van der Waals surface area contributed by atoms with Crippen LogP contribution in [-0.2, 0) is 14.3 Å². The summed E-state index contributed by atoms with van der Waals surface area (Å²) >= 11 is 0. The van der Waals surface area contributed by atoms with Gasteiger partial charge in [-0.05, 0) is 38.5 Å². The Kier molecular flexibility index (Phi) is 2.65. The van der Waals surface area contributed by atoms with Gasteiger partial charge in [0, 0.05) is 12.6 Å². The van der Waals surface area contributed by atoms with Crippen molar-refractivity contribution in [2.45, 2.75) is 63.2 Å². The fourth-order valence-corrected chi connectivity index (χ4v) is 5.01. The molecule has 5 heteroatoms. The Hall–Kier alpha value is -1.10. The van der Waals surface area contributed by atoms with Crippen molar-refractivity contribution in [1.29, 1.82) is 0 Å². The normalized spacial score (nSPS) is 45.9. The summed E-state index contributed by atoms with van der Waals surface area (Å²) in [5.74, 6) is -0.564. The Morgan fingerprint density at radius 3 is 2.70 bits per heavy atom. The Morgan fingerprint density at radius 1 is 1.20 bits per heavy atom. The van der Waals surface area contributed by atoms with Gasteiger partial charge in [-0.1, -0.05) is 6.42 Å². The number of aliphatic carboxylic acids is 1. The average Bonchev–Trinajstić information content (AvgIpc) is 3.16. The van der Waals surface area contributed by atoms with E-state index in [0.29, 0.717) is 13.0 Å². The van der Waals surface area contributed by atoms with E-state index >= 15 is 0 Å². The molecule has 0 radical (unpaired) electrons. The van der Waals surface area contributed by atoms with E-state index in [1.54, 1.807) is 0 Å². The molecule has 4 rings (SSSR count). The standard InChI is InChI=1S/C15H21NO4/c17-13(10-8-9-3-4-11(10)20-9)16-7-6-15(14(18)19)5-1-2-12(15)16/h9-12H,1-8H2,(H,18,19)/t9-,10+,11+,12+,15-/m0/s1. The molecule has 110 valence electrons. The quantitative estimate of drug-likeness (QED) is 0.830. The first-order valence-electron chi connectivity index (χ1n) is 7.81. The zero-order valence-electron chi connectivity index (χ0n) is 11.6. The first kappa shape index (κ1) is 12.6. The van der Waals surface area contributed by atoms with E-state index in [9.17, 15) is 14.7 Å². The van der Waals surface area contributed by atoms with Gasteiger partial charge < -0.3 is 14.7 Å². The zero-order valence-corrected chi connectivity index (χ0v) is 11.6. The van der Waals surface area contributed by atoms with Crippen LogP contribution in [0.25, 0.3) is 0 Å². The maximum Gasteiger partial charge on any atom is 0.311 e. The number of carbonyl (C=O) groups excluding carboxylic acids is 1. The molecular weight excluding hydrogens is 258 g/mol. The number of carboxylic acid groups (broad SMARTS) is 1. The fourth-order valence-electron chi connectivity index (χ4n) is 5.01. The van der Waals surface area contributed by atoms with Crippen LogP contribution in [-0.4, -0.2) is 46.7 Å². The lowest BCUT2D eigenvalue weighted by molar-refractivity contribution is -0.150. The second kappa shape index (κ2) is 4.20. The van der Waals surface area contributed by atoms with Crippen LogP contribution in [0, 0.1) is 11.3 Å². The van der Waals surface area contributed by atoms with Crippen LogP contribution in [0.4, 0.5) is 0 Å². The molecule has 4 aliphatic rings. The third kappa shape index (κ3) is 1.53. The van der Waals surface area contributed by atoms with Crippen LogP contribution >= 0.6 is 0 Å². The van der Waals surface area contributed by atoms with E-state index in [2.05, 4.69) is 0 Å². The van der Waals surface area contributed by atoms with Gasteiger partial charge >= 0.3 is 5.97 Å². The summed E-state index contributed by atoms with van der Waals surface area (Å²) in [6, 6.07) is -0.0772.